The third-order valence-electron chi connectivity index (χ3n) is 4.38. The van der Waals surface area contributed by atoms with Crippen LogP contribution in [-0.2, 0) is 6.42 Å². The normalized spacial score (nSPS) is 19.4. The molecule has 0 saturated heterocycles. The Morgan fingerprint density at radius 3 is 2.90 bits per heavy atom. The lowest BCUT2D eigenvalue weighted by Gasteiger charge is -2.32. The van der Waals surface area contributed by atoms with Crippen LogP contribution in [0, 0.1) is 6.92 Å². The third kappa shape index (κ3) is 2.48. The molecule has 20 heavy (non-hydrogen) atoms. The number of rotatable bonds is 3. The van der Waals surface area contributed by atoms with Crippen molar-refractivity contribution in [2.45, 2.75) is 38.1 Å². The minimum Gasteiger partial charge on any atom is -0.312 e. The highest BCUT2D eigenvalue weighted by Crippen LogP contribution is 2.40. The van der Waals surface area contributed by atoms with E-state index < -0.39 is 0 Å². The van der Waals surface area contributed by atoms with E-state index in [2.05, 4.69) is 54.6 Å². The molecule has 104 valence electrons. The molecule has 3 rings (SSSR count). The fraction of sp³-hybridized carbons (Fsp3) is 0.389. The van der Waals surface area contributed by atoms with Crippen LogP contribution < -0.4 is 5.32 Å². The monoisotopic (exact) mass is 266 g/mol. The second-order valence-corrected chi connectivity index (χ2v) is 5.76. The topological polar surface area (TPSA) is 24.9 Å². The maximum Gasteiger partial charge on any atom is 0.0402 e. The molecular weight excluding hydrogens is 244 g/mol. The molecule has 0 spiro atoms. The lowest BCUT2D eigenvalue weighted by molar-refractivity contribution is 0.424. The zero-order chi connectivity index (χ0) is 13.9. The lowest BCUT2D eigenvalue weighted by Crippen LogP contribution is -2.26. The summed E-state index contributed by atoms with van der Waals surface area (Å²) in [6, 6.07) is 11.5. The maximum atomic E-state index is 4.36. The lowest BCUT2D eigenvalue weighted by atomic mass is 9.77. The van der Waals surface area contributed by atoms with Crippen LogP contribution in [0.1, 0.15) is 47.1 Å². The molecule has 0 radical (unpaired) electrons. The number of nitrogens with zero attached hydrogens (tertiary/aromatic N) is 1. The number of aromatic nitrogens is 1. The van der Waals surface area contributed by atoms with Crippen LogP contribution in [0.2, 0.25) is 0 Å². The highest BCUT2D eigenvalue weighted by atomic mass is 14.9. The first-order chi connectivity index (χ1) is 9.79. The van der Waals surface area contributed by atoms with Crippen LogP contribution >= 0.6 is 0 Å². The van der Waals surface area contributed by atoms with Gasteiger partial charge in [0.05, 0.1) is 0 Å². The third-order valence-corrected chi connectivity index (χ3v) is 4.38. The Morgan fingerprint density at radius 2 is 2.10 bits per heavy atom. The number of fused-ring (bicyclic) bond motifs is 1. The summed E-state index contributed by atoms with van der Waals surface area (Å²) >= 11 is 0. The van der Waals surface area contributed by atoms with Crippen LogP contribution in [0.3, 0.4) is 0 Å². The van der Waals surface area contributed by atoms with Gasteiger partial charge < -0.3 is 5.32 Å². The maximum absolute atomic E-state index is 4.36. The van der Waals surface area contributed by atoms with Crippen LogP contribution in [0.5, 0.6) is 0 Å². The smallest absolute Gasteiger partial charge is 0.0402 e. The van der Waals surface area contributed by atoms with Gasteiger partial charge in [-0.3, -0.25) is 4.98 Å². The first kappa shape index (κ1) is 13.3. The van der Waals surface area contributed by atoms with E-state index in [0.29, 0.717) is 12.0 Å². The predicted molar refractivity (Wildman–Crippen MR) is 82.9 cm³/mol. The molecule has 1 heterocycles. The van der Waals surface area contributed by atoms with E-state index in [9.17, 15) is 0 Å². The number of pyridine rings is 1. The van der Waals surface area contributed by atoms with E-state index in [1.54, 1.807) is 0 Å². The van der Waals surface area contributed by atoms with E-state index in [-0.39, 0.29) is 0 Å². The van der Waals surface area contributed by atoms with Crippen LogP contribution in [0.25, 0.3) is 0 Å². The molecule has 0 amide bonds. The van der Waals surface area contributed by atoms with E-state index in [1.807, 2.05) is 12.4 Å². The van der Waals surface area contributed by atoms with E-state index in [1.165, 1.54) is 41.5 Å². The van der Waals surface area contributed by atoms with Crippen molar-refractivity contribution in [2.75, 3.05) is 7.05 Å². The van der Waals surface area contributed by atoms with Crippen molar-refractivity contribution in [2.24, 2.45) is 0 Å². The van der Waals surface area contributed by atoms with Crippen LogP contribution in [0.4, 0.5) is 0 Å². The SMILES string of the molecule is CNC(c1cncc(C)c1)C1CCCc2ccccc21. The summed E-state index contributed by atoms with van der Waals surface area (Å²) in [5, 5.41) is 3.52. The molecular formula is C18H22N2. The average molecular weight is 266 g/mol. The molecule has 1 aromatic heterocycles. The number of hydrogen-bond acceptors (Lipinski definition) is 2. The van der Waals surface area contributed by atoms with Gasteiger partial charge in [0.2, 0.25) is 0 Å². The number of aryl methyl sites for hydroxylation is 2. The molecule has 2 heteroatoms. The van der Waals surface area contributed by atoms with Crippen LogP contribution in [-0.4, -0.2) is 12.0 Å². The van der Waals surface area contributed by atoms with Crippen molar-refractivity contribution in [1.82, 2.24) is 10.3 Å². The molecule has 0 fully saturated rings. The molecule has 1 aliphatic rings. The molecule has 2 nitrogen and oxygen atoms in total. The first-order valence-corrected chi connectivity index (χ1v) is 7.46. The Morgan fingerprint density at radius 1 is 1.25 bits per heavy atom. The standard InChI is InChI=1S/C18H22N2/c1-13-10-15(12-20-11-13)18(19-2)17-9-5-7-14-6-3-4-8-16(14)17/h3-4,6,8,10-12,17-19H,5,7,9H2,1-2H3. The van der Waals surface area contributed by atoms with Gasteiger partial charge in [0.25, 0.3) is 0 Å². The van der Waals surface area contributed by atoms with Crippen molar-refractivity contribution in [3.8, 4) is 0 Å². The summed E-state index contributed by atoms with van der Waals surface area (Å²) in [5.74, 6) is 0.550. The van der Waals surface area contributed by atoms with Gasteiger partial charge in [-0.2, -0.15) is 0 Å². The number of hydrogen-bond donors (Lipinski definition) is 1. The molecule has 0 saturated carbocycles. The summed E-state index contributed by atoms with van der Waals surface area (Å²) in [7, 11) is 2.06. The number of benzene rings is 1. The predicted octanol–water partition coefficient (Wildman–Crippen LogP) is 3.77. The van der Waals surface area contributed by atoms with Crippen molar-refractivity contribution in [1.29, 1.82) is 0 Å². The quantitative estimate of drug-likeness (QED) is 0.914. The second kappa shape index (κ2) is 5.76. The van der Waals surface area contributed by atoms with Gasteiger partial charge in [0.15, 0.2) is 0 Å². The van der Waals surface area contributed by atoms with Gasteiger partial charge in [-0.25, -0.2) is 0 Å². The van der Waals surface area contributed by atoms with Gasteiger partial charge in [0.1, 0.15) is 0 Å². The molecule has 1 N–H and O–H groups in total. The number of nitrogens with one attached hydrogen (secondary N) is 1. The van der Waals surface area contributed by atoms with Crippen molar-refractivity contribution in [3.05, 3.63) is 65.0 Å². The van der Waals surface area contributed by atoms with Crippen molar-refractivity contribution in [3.63, 3.8) is 0 Å². The summed E-state index contributed by atoms with van der Waals surface area (Å²) in [6.07, 6.45) is 7.67. The fourth-order valence-electron chi connectivity index (χ4n) is 3.49. The molecule has 0 aliphatic heterocycles. The van der Waals surface area contributed by atoms with Gasteiger partial charge in [0, 0.05) is 24.4 Å². The summed E-state index contributed by atoms with van der Waals surface area (Å²) in [4.78, 5) is 4.36. The number of likely N-dealkylation sites (N-methyl/N-ethyl adjacent to an activating group) is 1. The molecule has 2 atom stereocenters. The Balaban J connectivity index is 1.99. The first-order valence-electron chi connectivity index (χ1n) is 7.46. The van der Waals surface area contributed by atoms with Gasteiger partial charge in [-0.05, 0) is 55.5 Å². The van der Waals surface area contributed by atoms with Gasteiger partial charge >= 0.3 is 0 Å². The molecule has 1 aromatic carbocycles. The fourth-order valence-corrected chi connectivity index (χ4v) is 3.49. The van der Waals surface area contributed by atoms with Crippen molar-refractivity contribution < 1.29 is 0 Å². The summed E-state index contributed by atoms with van der Waals surface area (Å²) in [5.41, 5.74) is 5.56. The minimum atomic E-state index is 0.351. The zero-order valence-corrected chi connectivity index (χ0v) is 12.3. The highest BCUT2D eigenvalue weighted by Gasteiger charge is 2.28. The molecule has 2 unspecified atom stereocenters. The zero-order valence-electron chi connectivity index (χ0n) is 12.3. The van der Waals surface area contributed by atoms with E-state index in [0.717, 1.165) is 0 Å². The Hall–Kier alpha value is -1.67. The summed E-state index contributed by atoms with van der Waals surface area (Å²) < 4.78 is 0. The van der Waals surface area contributed by atoms with Gasteiger partial charge in [-0.15, -0.1) is 0 Å². The largest absolute Gasteiger partial charge is 0.312 e. The van der Waals surface area contributed by atoms with Gasteiger partial charge in [-0.1, -0.05) is 30.3 Å². The van der Waals surface area contributed by atoms with E-state index >= 15 is 0 Å². The minimum absolute atomic E-state index is 0.351. The molecule has 0 bridgehead atoms. The Labute approximate surface area is 121 Å². The van der Waals surface area contributed by atoms with Crippen LogP contribution in [0.15, 0.2) is 42.7 Å². The average Bonchev–Trinajstić information content (AvgIpc) is 2.48. The molecule has 1 aliphatic carbocycles. The van der Waals surface area contributed by atoms with Crippen molar-refractivity contribution >= 4 is 0 Å². The Kier molecular flexibility index (Phi) is 3.83. The Bertz CT molecular complexity index is 591. The highest BCUT2D eigenvalue weighted by molar-refractivity contribution is 5.36. The summed E-state index contributed by atoms with van der Waals surface area (Å²) in [6.45, 7) is 2.11. The van der Waals surface area contributed by atoms with E-state index in [4.69, 9.17) is 0 Å². The molecule has 2 aromatic rings. The second-order valence-electron chi connectivity index (χ2n) is 5.76.